The van der Waals surface area contributed by atoms with E-state index in [-0.39, 0.29) is 0 Å². The molecule has 0 aliphatic heterocycles. The standard InChI is InChI=1S/C23H23N3OS/c1-3-20-22(19-11-10-16-7-4-5-9-18(16)25-19)21(23(24)27)15(2)26(20)13-12-17-8-6-14-28-17/h4-11,14H,3,12-13H2,1-2H3,(H2,24,27). The van der Waals surface area contributed by atoms with Crippen LogP contribution in [0.25, 0.3) is 22.2 Å². The van der Waals surface area contributed by atoms with Crippen molar-refractivity contribution >= 4 is 28.1 Å². The minimum Gasteiger partial charge on any atom is -0.366 e. The van der Waals surface area contributed by atoms with Crippen molar-refractivity contribution in [3.8, 4) is 11.3 Å². The van der Waals surface area contributed by atoms with Crippen molar-refractivity contribution in [2.75, 3.05) is 0 Å². The number of thiophene rings is 1. The average Bonchev–Trinajstić information content (AvgIpc) is 3.31. The molecule has 0 saturated heterocycles. The molecule has 2 N–H and O–H groups in total. The predicted molar refractivity (Wildman–Crippen MR) is 116 cm³/mol. The molecule has 3 aromatic heterocycles. The van der Waals surface area contributed by atoms with Gasteiger partial charge in [-0.2, -0.15) is 0 Å². The Kier molecular flexibility index (Phi) is 5.01. The third kappa shape index (κ3) is 3.22. The second-order valence-electron chi connectivity index (χ2n) is 6.87. The number of nitrogens with zero attached hydrogens (tertiary/aromatic N) is 2. The first-order valence-electron chi connectivity index (χ1n) is 9.50. The lowest BCUT2D eigenvalue weighted by molar-refractivity contribution is 0.1000. The molecule has 4 aromatic rings. The largest absolute Gasteiger partial charge is 0.366 e. The third-order valence-electron chi connectivity index (χ3n) is 5.23. The molecule has 0 aliphatic rings. The molecule has 1 amide bonds. The molecule has 0 aliphatic carbocycles. The molecule has 28 heavy (non-hydrogen) atoms. The van der Waals surface area contributed by atoms with Crippen LogP contribution in [-0.4, -0.2) is 15.5 Å². The molecule has 5 heteroatoms. The molecular formula is C23H23N3OS. The zero-order chi connectivity index (χ0) is 19.7. The first-order chi connectivity index (χ1) is 13.6. The van der Waals surface area contributed by atoms with Crippen molar-refractivity contribution in [3.63, 3.8) is 0 Å². The number of rotatable bonds is 6. The quantitative estimate of drug-likeness (QED) is 0.506. The number of aromatic nitrogens is 2. The normalized spacial score (nSPS) is 11.2. The molecule has 0 unspecified atom stereocenters. The van der Waals surface area contributed by atoms with Gasteiger partial charge in [-0.3, -0.25) is 4.79 Å². The third-order valence-corrected chi connectivity index (χ3v) is 6.17. The Bertz CT molecular complexity index is 1140. The lowest BCUT2D eigenvalue weighted by Gasteiger charge is -2.11. The molecule has 4 rings (SSSR count). The second-order valence-corrected chi connectivity index (χ2v) is 7.90. The lowest BCUT2D eigenvalue weighted by Crippen LogP contribution is -2.14. The van der Waals surface area contributed by atoms with Crippen molar-refractivity contribution in [1.82, 2.24) is 9.55 Å². The summed E-state index contributed by atoms with van der Waals surface area (Å²) < 4.78 is 2.24. The van der Waals surface area contributed by atoms with E-state index in [2.05, 4.69) is 35.1 Å². The number of carbonyl (C=O) groups excluding carboxylic acids is 1. The SMILES string of the molecule is CCc1c(-c2ccc3ccccc3n2)c(C(N)=O)c(C)n1CCc1cccs1. The molecule has 3 heterocycles. The van der Waals surface area contributed by atoms with E-state index in [9.17, 15) is 4.79 Å². The number of nitrogens with two attached hydrogens (primary N) is 1. The van der Waals surface area contributed by atoms with Crippen LogP contribution in [0.4, 0.5) is 0 Å². The van der Waals surface area contributed by atoms with Gasteiger partial charge in [0.2, 0.25) is 0 Å². The smallest absolute Gasteiger partial charge is 0.251 e. The monoisotopic (exact) mass is 389 g/mol. The van der Waals surface area contributed by atoms with E-state index in [0.29, 0.717) is 5.56 Å². The number of carbonyl (C=O) groups is 1. The highest BCUT2D eigenvalue weighted by molar-refractivity contribution is 7.09. The fourth-order valence-electron chi connectivity index (χ4n) is 3.93. The Balaban J connectivity index is 1.86. The van der Waals surface area contributed by atoms with Crippen LogP contribution in [0.15, 0.2) is 53.9 Å². The number of pyridine rings is 1. The number of amides is 1. The Hall–Kier alpha value is -2.92. The summed E-state index contributed by atoms with van der Waals surface area (Å²) in [6.45, 7) is 4.92. The van der Waals surface area contributed by atoms with Crippen molar-refractivity contribution < 1.29 is 4.79 Å². The Labute approximate surface area is 168 Å². The van der Waals surface area contributed by atoms with Gasteiger partial charge in [0.05, 0.1) is 16.8 Å². The van der Waals surface area contributed by atoms with Gasteiger partial charge < -0.3 is 10.3 Å². The minimum absolute atomic E-state index is 0.396. The first-order valence-corrected chi connectivity index (χ1v) is 10.4. The maximum Gasteiger partial charge on any atom is 0.251 e. The van der Waals surface area contributed by atoms with E-state index in [1.807, 2.05) is 37.3 Å². The summed E-state index contributed by atoms with van der Waals surface area (Å²) >= 11 is 1.76. The molecule has 0 saturated carbocycles. The predicted octanol–water partition coefficient (Wildman–Crippen LogP) is 4.98. The van der Waals surface area contributed by atoms with E-state index in [0.717, 1.165) is 52.9 Å². The second kappa shape index (κ2) is 7.60. The van der Waals surface area contributed by atoms with Crippen molar-refractivity contribution in [1.29, 1.82) is 0 Å². The highest BCUT2D eigenvalue weighted by atomic mass is 32.1. The van der Waals surface area contributed by atoms with Gasteiger partial charge in [-0.05, 0) is 43.3 Å². The molecule has 1 aromatic carbocycles. The van der Waals surface area contributed by atoms with Crippen LogP contribution < -0.4 is 5.73 Å². The molecule has 0 atom stereocenters. The molecule has 0 radical (unpaired) electrons. The number of hydrogen-bond donors (Lipinski definition) is 1. The van der Waals surface area contributed by atoms with Gasteiger partial charge in [-0.1, -0.05) is 37.3 Å². The fraction of sp³-hybridized carbons (Fsp3) is 0.217. The van der Waals surface area contributed by atoms with Crippen molar-refractivity contribution in [2.45, 2.75) is 33.2 Å². The van der Waals surface area contributed by atoms with Crippen molar-refractivity contribution in [3.05, 3.63) is 75.7 Å². The summed E-state index contributed by atoms with van der Waals surface area (Å²) in [6, 6.07) is 16.3. The summed E-state index contributed by atoms with van der Waals surface area (Å²) in [6.07, 6.45) is 1.74. The molecular weight excluding hydrogens is 366 g/mol. The van der Waals surface area contributed by atoms with Crippen LogP contribution in [0.3, 0.4) is 0 Å². The van der Waals surface area contributed by atoms with Gasteiger partial charge in [-0.25, -0.2) is 4.98 Å². The van der Waals surface area contributed by atoms with Crippen LogP contribution in [0.5, 0.6) is 0 Å². The van der Waals surface area contributed by atoms with Crippen LogP contribution in [0.2, 0.25) is 0 Å². The maximum absolute atomic E-state index is 12.4. The van der Waals surface area contributed by atoms with Gasteiger partial charge in [0.1, 0.15) is 0 Å². The Morgan fingerprint density at radius 2 is 1.96 bits per heavy atom. The van der Waals surface area contributed by atoms with Gasteiger partial charge in [-0.15, -0.1) is 11.3 Å². The van der Waals surface area contributed by atoms with E-state index >= 15 is 0 Å². The van der Waals surface area contributed by atoms with Gasteiger partial charge in [0.15, 0.2) is 0 Å². The lowest BCUT2D eigenvalue weighted by atomic mass is 10.0. The maximum atomic E-state index is 12.4. The molecule has 0 bridgehead atoms. The summed E-state index contributed by atoms with van der Waals surface area (Å²) in [5, 5.41) is 3.18. The average molecular weight is 390 g/mol. The van der Waals surface area contributed by atoms with E-state index in [4.69, 9.17) is 10.7 Å². The number of benzene rings is 1. The summed E-state index contributed by atoms with van der Waals surface area (Å²) in [4.78, 5) is 18.6. The Morgan fingerprint density at radius 3 is 2.68 bits per heavy atom. The molecule has 142 valence electrons. The fourth-order valence-corrected chi connectivity index (χ4v) is 4.63. The van der Waals surface area contributed by atoms with E-state index in [1.165, 1.54) is 4.88 Å². The number of aryl methyl sites for hydroxylation is 1. The minimum atomic E-state index is -0.396. The topological polar surface area (TPSA) is 60.9 Å². The molecule has 0 spiro atoms. The summed E-state index contributed by atoms with van der Waals surface area (Å²) in [5.74, 6) is -0.396. The number of para-hydroxylation sites is 1. The van der Waals surface area contributed by atoms with Crippen LogP contribution in [0, 0.1) is 6.92 Å². The number of hydrogen-bond acceptors (Lipinski definition) is 3. The highest BCUT2D eigenvalue weighted by Gasteiger charge is 2.24. The Morgan fingerprint density at radius 1 is 1.14 bits per heavy atom. The van der Waals surface area contributed by atoms with Crippen LogP contribution >= 0.6 is 11.3 Å². The van der Waals surface area contributed by atoms with Crippen molar-refractivity contribution in [2.24, 2.45) is 5.73 Å². The number of fused-ring (bicyclic) bond motifs is 1. The van der Waals surface area contributed by atoms with Gasteiger partial charge in [0.25, 0.3) is 5.91 Å². The molecule has 0 fully saturated rings. The first kappa shape index (κ1) is 18.4. The highest BCUT2D eigenvalue weighted by Crippen LogP contribution is 2.33. The van der Waals surface area contributed by atoms with Crippen LogP contribution in [-0.2, 0) is 19.4 Å². The summed E-state index contributed by atoms with van der Waals surface area (Å²) in [5.41, 5.74) is 11.0. The van der Waals surface area contributed by atoms with Gasteiger partial charge >= 0.3 is 0 Å². The number of primary amides is 1. The van der Waals surface area contributed by atoms with E-state index < -0.39 is 5.91 Å². The summed E-state index contributed by atoms with van der Waals surface area (Å²) in [7, 11) is 0. The van der Waals surface area contributed by atoms with E-state index in [1.54, 1.807) is 11.3 Å². The van der Waals surface area contributed by atoms with Gasteiger partial charge in [0, 0.05) is 33.8 Å². The zero-order valence-corrected chi connectivity index (χ0v) is 16.9. The van der Waals surface area contributed by atoms with Crippen LogP contribution in [0.1, 0.15) is 33.5 Å². The molecule has 4 nitrogen and oxygen atoms in total. The zero-order valence-electron chi connectivity index (χ0n) is 16.1.